The lowest BCUT2D eigenvalue weighted by molar-refractivity contribution is -0.384. The number of carbonyl (C=O) groups excluding carboxylic acids is 2. The van der Waals surface area contributed by atoms with Gasteiger partial charge in [0.05, 0.1) is 16.2 Å². The number of hydrogen-bond donors (Lipinski definition) is 1. The maximum Gasteiger partial charge on any atom is 0.288 e. The fraction of sp³-hybridized carbons (Fsp3) is 0.0385. The third-order valence-electron chi connectivity index (χ3n) is 5.65. The van der Waals surface area contributed by atoms with Gasteiger partial charge in [-0.25, -0.2) is 4.98 Å². The minimum absolute atomic E-state index is 0.0610. The zero-order valence-electron chi connectivity index (χ0n) is 18.8. The third-order valence-corrected chi connectivity index (χ3v) is 6.93. The largest absolute Gasteiger partial charge is 0.322 e. The Morgan fingerprint density at radius 1 is 1.06 bits per heavy atom. The van der Waals surface area contributed by atoms with Gasteiger partial charge in [0.25, 0.3) is 11.6 Å². The van der Waals surface area contributed by atoms with Gasteiger partial charge in [-0.1, -0.05) is 41.9 Å². The Hall–Kier alpha value is -4.34. The summed E-state index contributed by atoms with van der Waals surface area (Å²) in [7, 11) is 0. The molecular formula is C26H17ClN4O4S. The molecule has 0 saturated carbocycles. The van der Waals surface area contributed by atoms with Gasteiger partial charge in [-0.2, -0.15) is 0 Å². The summed E-state index contributed by atoms with van der Waals surface area (Å²) in [4.78, 5) is 42.3. The molecule has 2 aromatic heterocycles. The molecule has 10 heteroatoms. The molecule has 8 nitrogen and oxygen atoms in total. The molecule has 0 fully saturated rings. The highest BCUT2D eigenvalue weighted by Crippen LogP contribution is 2.28. The van der Waals surface area contributed by atoms with E-state index in [1.165, 1.54) is 24.3 Å². The van der Waals surface area contributed by atoms with E-state index in [1.807, 2.05) is 35.0 Å². The van der Waals surface area contributed by atoms with Crippen LogP contribution < -0.4 is 5.32 Å². The van der Waals surface area contributed by atoms with Gasteiger partial charge in [-0.05, 0) is 37.3 Å². The van der Waals surface area contributed by atoms with Gasteiger partial charge < -0.3 is 5.32 Å². The van der Waals surface area contributed by atoms with Crippen LogP contribution in [-0.2, 0) is 0 Å². The Labute approximate surface area is 214 Å². The van der Waals surface area contributed by atoms with Crippen molar-refractivity contribution in [3.63, 3.8) is 0 Å². The number of nitrogens with one attached hydrogen (secondary N) is 1. The molecule has 178 valence electrons. The number of imidazole rings is 1. The van der Waals surface area contributed by atoms with Crippen molar-refractivity contribution in [1.82, 2.24) is 9.38 Å². The van der Waals surface area contributed by atoms with E-state index in [4.69, 9.17) is 11.6 Å². The summed E-state index contributed by atoms with van der Waals surface area (Å²) >= 11 is 7.43. The Balaban J connectivity index is 1.38. The average molecular weight is 517 g/mol. The summed E-state index contributed by atoms with van der Waals surface area (Å²) in [5.41, 5.74) is 3.34. The van der Waals surface area contributed by atoms with Crippen molar-refractivity contribution in [1.29, 1.82) is 0 Å². The molecule has 0 aliphatic rings. The van der Waals surface area contributed by atoms with E-state index < -0.39 is 16.6 Å². The van der Waals surface area contributed by atoms with E-state index in [1.54, 1.807) is 35.6 Å². The first-order chi connectivity index (χ1) is 17.3. The number of nitrogens with zero attached hydrogens (tertiary/aromatic N) is 3. The maximum absolute atomic E-state index is 13.1. The van der Waals surface area contributed by atoms with Crippen LogP contribution in [-0.4, -0.2) is 26.0 Å². The monoisotopic (exact) mass is 516 g/mol. The molecule has 0 aliphatic carbocycles. The van der Waals surface area contributed by atoms with Gasteiger partial charge in [0, 0.05) is 45.7 Å². The molecule has 1 N–H and O–H groups in total. The van der Waals surface area contributed by atoms with Crippen molar-refractivity contribution in [3.8, 4) is 11.3 Å². The topological polar surface area (TPSA) is 107 Å². The fourth-order valence-electron chi connectivity index (χ4n) is 3.78. The molecule has 0 radical (unpaired) electrons. The number of ketones is 1. The number of fused-ring (bicyclic) bond motifs is 1. The van der Waals surface area contributed by atoms with Gasteiger partial charge in [0.2, 0.25) is 0 Å². The second-order valence-electron chi connectivity index (χ2n) is 7.99. The quantitative estimate of drug-likeness (QED) is 0.159. The number of halogens is 1. The number of amides is 1. The first kappa shape index (κ1) is 23.4. The second-order valence-corrected chi connectivity index (χ2v) is 9.23. The van der Waals surface area contributed by atoms with Crippen molar-refractivity contribution in [3.05, 3.63) is 116 Å². The van der Waals surface area contributed by atoms with Gasteiger partial charge in [0.1, 0.15) is 5.02 Å². The highest BCUT2D eigenvalue weighted by atomic mass is 35.5. The zero-order chi connectivity index (χ0) is 25.4. The molecule has 5 aromatic rings. The van der Waals surface area contributed by atoms with Crippen LogP contribution in [0.4, 0.5) is 11.4 Å². The lowest BCUT2D eigenvalue weighted by Crippen LogP contribution is -2.17. The van der Waals surface area contributed by atoms with E-state index in [9.17, 15) is 19.7 Å². The van der Waals surface area contributed by atoms with Crippen LogP contribution in [0.25, 0.3) is 16.2 Å². The summed E-state index contributed by atoms with van der Waals surface area (Å²) in [5, 5.41) is 16.0. The molecule has 3 aromatic carbocycles. The molecule has 5 rings (SSSR count). The molecule has 0 aliphatic heterocycles. The number of nitro benzene ring substituents is 1. The number of aromatic nitrogens is 2. The number of thiazole rings is 1. The highest BCUT2D eigenvalue weighted by molar-refractivity contribution is 7.15. The molecular weight excluding hydrogens is 500 g/mol. The number of aryl methyl sites for hydroxylation is 1. The van der Waals surface area contributed by atoms with Crippen LogP contribution in [0.1, 0.15) is 32.0 Å². The average Bonchev–Trinajstić information content (AvgIpc) is 3.46. The van der Waals surface area contributed by atoms with E-state index >= 15 is 0 Å². The van der Waals surface area contributed by atoms with Crippen LogP contribution in [0.15, 0.2) is 78.3 Å². The summed E-state index contributed by atoms with van der Waals surface area (Å²) in [6.45, 7) is 2.02. The molecule has 0 saturated heterocycles. The lowest BCUT2D eigenvalue weighted by Gasteiger charge is -2.10. The minimum Gasteiger partial charge on any atom is -0.322 e. The number of nitro groups is 1. The number of rotatable bonds is 6. The smallest absolute Gasteiger partial charge is 0.288 e. The molecule has 0 bridgehead atoms. The van der Waals surface area contributed by atoms with E-state index in [2.05, 4.69) is 10.3 Å². The summed E-state index contributed by atoms with van der Waals surface area (Å²) < 4.78 is 2.03. The predicted octanol–water partition coefficient (Wildman–Crippen LogP) is 6.42. The first-order valence-corrected chi connectivity index (χ1v) is 12.0. The molecule has 1 amide bonds. The van der Waals surface area contributed by atoms with Crippen LogP contribution in [0.2, 0.25) is 5.02 Å². The van der Waals surface area contributed by atoms with Crippen molar-refractivity contribution in [2.45, 2.75) is 6.92 Å². The van der Waals surface area contributed by atoms with Gasteiger partial charge in [0.15, 0.2) is 10.7 Å². The SMILES string of the molecule is Cc1csc2nc(-c3ccc(NC(=O)c4ccccc4C(=O)c4ccc(Cl)c([N+](=O)[O-])c4)cc3)cn12. The molecule has 36 heavy (non-hydrogen) atoms. The van der Waals surface area contributed by atoms with Crippen molar-refractivity contribution < 1.29 is 14.5 Å². The number of hydrogen-bond acceptors (Lipinski definition) is 6. The fourth-order valence-corrected chi connectivity index (χ4v) is 4.82. The third kappa shape index (κ3) is 4.37. The van der Waals surface area contributed by atoms with Crippen LogP contribution in [0.5, 0.6) is 0 Å². The predicted molar refractivity (Wildman–Crippen MR) is 139 cm³/mol. The van der Waals surface area contributed by atoms with Crippen LogP contribution in [0.3, 0.4) is 0 Å². The standard InChI is InChI=1S/C26H17ClN4O4S/c1-15-14-36-26-29-22(13-30(15)26)16-6-9-18(10-7-16)28-25(33)20-5-3-2-4-19(20)24(32)17-8-11-21(27)23(12-17)31(34)35/h2-14H,1H3,(H,28,33). The van der Waals surface area contributed by atoms with Crippen molar-refractivity contribution >= 4 is 51.0 Å². The molecule has 0 unspecified atom stereocenters. The summed E-state index contributed by atoms with van der Waals surface area (Å²) in [5.74, 6) is -1.00. The van der Waals surface area contributed by atoms with Crippen LogP contribution in [0, 0.1) is 17.0 Å². The van der Waals surface area contributed by atoms with Crippen LogP contribution >= 0.6 is 22.9 Å². The number of benzene rings is 3. The van der Waals surface area contributed by atoms with Gasteiger partial charge >= 0.3 is 0 Å². The Kier molecular flexibility index (Phi) is 6.09. The number of anilines is 1. The molecule has 0 spiro atoms. The normalized spacial score (nSPS) is 10.9. The summed E-state index contributed by atoms with van der Waals surface area (Å²) in [6, 6.07) is 17.4. The van der Waals surface area contributed by atoms with Crippen molar-refractivity contribution in [2.75, 3.05) is 5.32 Å². The summed E-state index contributed by atoms with van der Waals surface area (Å²) in [6.07, 6.45) is 1.97. The molecule has 2 heterocycles. The minimum atomic E-state index is -0.657. The van der Waals surface area contributed by atoms with E-state index in [0.717, 1.165) is 28.0 Å². The Morgan fingerprint density at radius 3 is 2.47 bits per heavy atom. The zero-order valence-corrected chi connectivity index (χ0v) is 20.3. The van der Waals surface area contributed by atoms with Gasteiger partial charge in [-0.3, -0.25) is 24.1 Å². The maximum atomic E-state index is 13.1. The Bertz CT molecular complexity index is 1660. The van der Waals surface area contributed by atoms with Gasteiger partial charge in [-0.15, -0.1) is 11.3 Å². The van der Waals surface area contributed by atoms with E-state index in [-0.39, 0.29) is 27.4 Å². The molecule has 0 atom stereocenters. The second kappa shape index (κ2) is 9.37. The highest BCUT2D eigenvalue weighted by Gasteiger charge is 2.21. The van der Waals surface area contributed by atoms with Crippen molar-refractivity contribution in [2.24, 2.45) is 0 Å². The van der Waals surface area contributed by atoms with E-state index in [0.29, 0.717) is 5.69 Å². The Morgan fingerprint density at radius 2 is 1.78 bits per heavy atom. The number of carbonyl (C=O) groups is 2. The lowest BCUT2D eigenvalue weighted by atomic mass is 9.97. The first-order valence-electron chi connectivity index (χ1n) is 10.7.